The number of para-hydroxylation sites is 1. The fourth-order valence-corrected chi connectivity index (χ4v) is 7.65. The number of hydrogen-bond donors (Lipinski definition) is 2. The molecule has 0 aliphatic rings. The smallest absolute Gasteiger partial charge is 0.335 e. The topological polar surface area (TPSA) is 118 Å². The number of carboxylic acid groups (broad SMARTS) is 1. The average molecular weight is 542 g/mol. The van der Waals surface area contributed by atoms with Gasteiger partial charge < -0.3 is 5.11 Å². The van der Waals surface area contributed by atoms with Crippen molar-refractivity contribution in [3.8, 4) is 0 Å². The molecule has 4 rings (SSSR count). The van der Waals surface area contributed by atoms with Crippen molar-refractivity contribution < 1.29 is 26.7 Å². The minimum atomic E-state index is -4.00. The molecule has 0 aliphatic carbocycles. The first-order valence-electron chi connectivity index (χ1n) is 11.0. The van der Waals surface area contributed by atoms with E-state index >= 15 is 0 Å². The van der Waals surface area contributed by atoms with Gasteiger partial charge in [0.25, 0.3) is 10.0 Å². The summed E-state index contributed by atoms with van der Waals surface area (Å²) in [7, 11) is -7.82. The van der Waals surface area contributed by atoms with E-state index in [2.05, 4.69) is 4.72 Å². The first-order chi connectivity index (χ1) is 17.2. The van der Waals surface area contributed by atoms with Gasteiger partial charge in [-0.2, -0.15) is 0 Å². The van der Waals surface area contributed by atoms with Crippen LogP contribution >= 0.6 is 11.3 Å². The minimum absolute atomic E-state index is 0.0683. The van der Waals surface area contributed by atoms with Crippen LogP contribution in [0, 0.1) is 0 Å². The molecule has 0 aliphatic heterocycles. The summed E-state index contributed by atoms with van der Waals surface area (Å²) < 4.78 is 54.3. The van der Waals surface area contributed by atoms with Gasteiger partial charge >= 0.3 is 5.97 Å². The van der Waals surface area contributed by atoms with Crippen LogP contribution in [0.15, 0.2) is 104 Å². The maximum absolute atomic E-state index is 13.1. The second kappa shape index (κ2) is 10.7. The van der Waals surface area contributed by atoms with Crippen LogP contribution in [0.25, 0.3) is 0 Å². The van der Waals surface area contributed by atoms with E-state index in [0.29, 0.717) is 18.5 Å². The lowest BCUT2D eigenvalue weighted by molar-refractivity contribution is 0.0697. The van der Waals surface area contributed by atoms with E-state index in [4.69, 9.17) is 5.11 Å². The third-order valence-corrected chi connectivity index (χ3v) is 10.3. The summed E-state index contributed by atoms with van der Waals surface area (Å²) in [6.45, 7) is 0. The van der Waals surface area contributed by atoms with Crippen molar-refractivity contribution in [3.05, 3.63) is 107 Å². The summed E-state index contributed by atoms with van der Waals surface area (Å²) in [6, 6.07) is 22.8. The summed E-state index contributed by atoms with van der Waals surface area (Å²) >= 11 is 0.850. The summed E-state index contributed by atoms with van der Waals surface area (Å²) in [5.74, 6) is -0.974. The summed E-state index contributed by atoms with van der Waals surface area (Å²) in [5.41, 5.74) is 2.45. The number of carboxylic acids is 1. The highest BCUT2D eigenvalue weighted by Crippen LogP contribution is 2.30. The second-order valence-corrected chi connectivity index (χ2v) is 12.8. The van der Waals surface area contributed by atoms with Gasteiger partial charge in [0.1, 0.15) is 4.21 Å². The second-order valence-electron chi connectivity index (χ2n) is 8.04. The van der Waals surface area contributed by atoms with Crippen molar-refractivity contribution in [2.24, 2.45) is 0 Å². The molecule has 1 heterocycles. The van der Waals surface area contributed by atoms with Crippen LogP contribution in [-0.4, -0.2) is 27.9 Å². The highest BCUT2D eigenvalue weighted by Gasteiger charge is 2.24. The standard InChI is InChI=1S/C26H23NO6S3/c28-26(29)21-15-13-19(14-16-21)7-6-9-20-8-4-5-12-24(20)27-36(32,33)25-17-23(18-34-25)35(30,31)22-10-2-1-3-11-22/h1-5,8,10-18,27H,6-7,9H2,(H,28,29). The molecule has 0 bridgehead atoms. The molecule has 0 fully saturated rings. The van der Waals surface area contributed by atoms with E-state index < -0.39 is 25.8 Å². The molecule has 0 unspecified atom stereocenters. The predicted molar refractivity (Wildman–Crippen MR) is 139 cm³/mol. The van der Waals surface area contributed by atoms with Gasteiger partial charge in [-0.1, -0.05) is 48.5 Å². The molecular weight excluding hydrogens is 518 g/mol. The molecular formula is C26H23NO6S3. The molecule has 186 valence electrons. The molecule has 1 aromatic heterocycles. The molecule has 0 atom stereocenters. The quantitative estimate of drug-likeness (QED) is 0.283. The maximum atomic E-state index is 13.1. The Kier molecular flexibility index (Phi) is 7.58. The van der Waals surface area contributed by atoms with Gasteiger partial charge in [0.15, 0.2) is 0 Å². The zero-order valence-corrected chi connectivity index (χ0v) is 21.4. The van der Waals surface area contributed by atoms with Crippen LogP contribution in [0.1, 0.15) is 27.9 Å². The highest BCUT2D eigenvalue weighted by atomic mass is 32.2. The van der Waals surface area contributed by atoms with E-state index in [1.165, 1.54) is 23.6 Å². The Morgan fingerprint density at radius 3 is 2.17 bits per heavy atom. The number of aromatic carboxylic acids is 1. The number of hydrogen-bond acceptors (Lipinski definition) is 6. The fraction of sp³-hybridized carbons (Fsp3) is 0.115. The lowest BCUT2D eigenvalue weighted by atomic mass is 10.0. The Morgan fingerprint density at radius 1 is 0.806 bits per heavy atom. The molecule has 3 aromatic carbocycles. The number of anilines is 1. The van der Waals surface area contributed by atoms with Gasteiger partial charge in [0.2, 0.25) is 9.84 Å². The van der Waals surface area contributed by atoms with Crippen LogP contribution < -0.4 is 4.72 Å². The van der Waals surface area contributed by atoms with Gasteiger partial charge in [0, 0.05) is 5.38 Å². The van der Waals surface area contributed by atoms with Gasteiger partial charge in [-0.05, 0) is 66.8 Å². The molecule has 0 saturated heterocycles. The van der Waals surface area contributed by atoms with Crippen LogP contribution in [-0.2, 0) is 32.7 Å². The molecule has 7 nitrogen and oxygen atoms in total. The summed E-state index contributed by atoms with van der Waals surface area (Å²) in [5, 5.41) is 10.3. The Bertz CT molecular complexity index is 1580. The van der Waals surface area contributed by atoms with E-state index in [9.17, 15) is 21.6 Å². The largest absolute Gasteiger partial charge is 0.478 e. The molecule has 36 heavy (non-hydrogen) atoms. The van der Waals surface area contributed by atoms with Gasteiger partial charge in [-0.25, -0.2) is 21.6 Å². The van der Waals surface area contributed by atoms with Crippen molar-refractivity contribution in [3.63, 3.8) is 0 Å². The maximum Gasteiger partial charge on any atom is 0.335 e. The summed E-state index contributed by atoms with van der Waals surface area (Å²) in [4.78, 5) is 11.0. The zero-order chi connectivity index (χ0) is 25.8. The van der Waals surface area contributed by atoms with Gasteiger partial charge in [-0.15, -0.1) is 11.3 Å². The van der Waals surface area contributed by atoms with Crippen molar-refractivity contribution in [1.82, 2.24) is 0 Å². The summed E-state index contributed by atoms with van der Waals surface area (Å²) in [6.07, 6.45) is 2.02. The third kappa shape index (κ3) is 5.84. The van der Waals surface area contributed by atoms with Gasteiger partial charge in [-0.3, -0.25) is 4.72 Å². The molecule has 2 N–H and O–H groups in total. The number of thiophene rings is 1. The first-order valence-corrected chi connectivity index (χ1v) is 14.8. The fourth-order valence-electron chi connectivity index (χ4n) is 3.65. The Morgan fingerprint density at radius 2 is 1.47 bits per heavy atom. The predicted octanol–water partition coefficient (Wildman–Crippen LogP) is 5.26. The zero-order valence-electron chi connectivity index (χ0n) is 19.0. The van der Waals surface area contributed by atoms with Gasteiger partial charge in [0.05, 0.1) is 21.0 Å². The third-order valence-electron chi connectivity index (χ3n) is 5.55. The van der Waals surface area contributed by atoms with Crippen molar-refractivity contribution in [2.45, 2.75) is 33.3 Å². The van der Waals surface area contributed by atoms with Crippen molar-refractivity contribution in [1.29, 1.82) is 0 Å². The number of sulfonamides is 1. The van der Waals surface area contributed by atoms with Crippen LogP contribution in [0.4, 0.5) is 5.69 Å². The number of nitrogens with one attached hydrogen (secondary N) is 1. The van der Waals surface area contributed by atoms with E-state index in [-0.39, 0.29) is 19.6 Å². The van der Waals surface area contributed by atoms with Crippen LogP contribution in [0.3, 0.4) is 0 Å². The van der Waals surface area contributed by atoms with Crippen LogP contribution in [0.2, 0.25) is 0 Å². The van der Waals surface area contributed by atoms with E-state index in [0.717, 1.165) is 28.9 Å². The molecule has 0 saturated carbocycles. The number of sulfone groups is 1. The van der Waals surface area contributed by atoms with E-state index in [1.54, 1.807) is 54.6 Å². The Labute approximate surface area is 214 Å². The molecule has 0 radical (unpaired) electrons. The minimum Gasteiger partial charge on any atom is -0.478 e. The average Bonchev–Trinajstić information content (AvgIpc) is 3.38. The normalized spacial score (nSPS) is 11.8. The molecule has 4 aromatic rings. The van der Waals surface area contributed by atoms with Crippen LogP contribution in [0.5, 0.6) is 0 Å². The van der Waals surface area contributed by atoms with Crippen molar-refractivity contribution in [2.75, 3.05) is 4.72 Å². The Balaban J connectivity index is 1.47. The lowest BCUT2D eigenvalue weighted by Gasteiger charge is -2.12. The number of aryl methyl sites for hydroxylation is 2. The molecule has 0 spiro atoms. The molecule has 10 heteroatoms. The lowest BCUT2D eigenvalue weighted by Crippen LogP contribution is -2.13. The first kappa shape index (κ1) is 25.6. The van der Waals surface area contributed by atoms with Crippen molar-refractivity contribution >= 4 is 42.9 Å². The highest BCUT2D eigenvalue weighted by molar-refractivity contribution is 7.95. The monoisotopic (exact) mass is 541 g/mol. The number of benzene rings is 3. The Hall–Kier alpha value is -3.47. The van der Waals surface area contributed by atoms with E-state index in [1.807, 2.05) is 12.1 Å². The number of carbonyl (C=O) groups is 1. The SMILES string of the molecule is O=C(O)c1ccc(CCCc2ccccc2NS(=O)(=O)c2cc(S(=O)(=O)c3ccccc3)cs2)cc1. The number of rotatable bonds is 10. The molecule has 0 amide bonds.